The Kier molecular flexibility index (Phi) is 7.05. The van der Waals surface area contributed by atoms with Gasteiger partial charge >= 0.3 is 0 Å². The van der Waals surface area contributed by atoms with Crippen molar-refractivity contribution in [3.8, 4) is 0 Å². The summed E-state index contributed by atoms with van der Waals surface area (Å²) in [5, 5.41) is 6.51. The van der Waals surface area contributed by atoms with Gasteiger partial charge in [-0.2, -0.15) is 0 Å². The highest BCUT2D eigenvalue weighted by Crippen LogP contribution is 2.39. The largest absolute Gasteiger partial charge is 0.355 e. The van der Waals surface area contributed by atoms with Crippen molar-refractivity contribution < 1.29 is 9.18 Å². The molecule has 0 spiro atoms. The maximum Gasteiger partial charge on any atom is 0.223 e. The molecule has 3 rings (SSSR count). The first kappa shape index (κ1) is 19.2. The number of rotatable bonds is 4. The van der Waals surface area contributed by atoms with E-state index in [2.05, 4.69) is 10.6 Å². The van der Waals surface area contributed by atoms with Gasteiger partial charge in [0.15, 0.2) is 0 Å². The molecule has 0 radical (unpaired) electrons. The zero-order valence-electron chi connectivity index (χ0n) is 14.2. The molecule has 1 aliphatic heterocycles. The van der Waals surface area contributed by atoms with Gasteiger partial charge in [-0.3, -0.25) is 4.79 Å². The Bertz CT molecular complexity index is 523. The third-order valence-corrected chi connectivity index (χ3v) is 5.58. The van der Waals surface area contributed by atoms with Crippen LogP contribution in [-0.4, -0.2) is 25.5 Å². The third-order valence-electron chi connectivity index (χ3n) is 5.58. The van der Waals surface area contributed by atoms with Crippen molar-refractivity contribution >= 4 is 18.3 Å². The fraction of sp³-hybridized carbons (Fsp3) is 0.632. The van der Waals surface area contributed by atoms with Gasteiger partial charge in [0.2, 0.25) is 5.91 Å². The summed E-state index contributed by atoms with van der Waals surface area (Å²) in [6.45, 7) is 2.55. The standard InChI is InChI=1S/C19H27FN2O.ClH/c20-17-6-4-16(5-7-17)19(10-2-1-3-11-19)14-22-18(23)15-8-12-21-13-9-15;/h4-7,15,21H,1-3,8-14H2,(H,22,23);1H. The fourth-order valence-corrected chi connectivity index (χ4v) is 4.08. The lowest BCUT2D eigenvalue weighted by Crippen LogP contribution is -2.45. The first-order valence-corrected chi connectivity index (χ1v) is 8.94. The normalized spacial score (nSPS) is 20.9. The Morgan fingerprint density at radius 2 is 1.75 bits per heavy atom. The Labute approximate surface area is 150 Å². The van der Waals surface area contributed by atoms with Crippen LogP contribution in [-0.2, 0) is 10.2 Å². The van der Waals surface area contributed by atoms with Crippen LogP contribution in [0.15, 0.2) is 24.3 Å². The molecular formula is C19H28ClFN2O. The van der Waals surface area contributed by atoms with Crippen LogP contribution < -0.4 is 10.6 Å². The summed E-state index contributed by atoms with van der Waals surface area (Å²) >= 11 is 0. The van der Waals surface area contributed by atoms with E-state index in [4.69, 9.17) is 0 Å². The lowest BCUT2D eigenvalue weighted by atomic mass is 9.69. The zero-order chi connectivity index (χ0) is 16.1. The molecule has 0 unspecified atom stereocenters. The van der Waals surface area contributed by atoms with Gasteiger partial charge < -0.3 is 10.6 Å². The minimum absolute atomic E-state index is 0. The number of hydrogen-bond donors (Lipinski definition) is 2. The van der Waals surface area contributed by atoms with Crippen LogP contribution in [0, 0.1) is 11.7 Å². The molecule has 1 saturated heterocycles. The van der Waals surface area contributed by atoms with Crippen molar-refractivity contribution in [2.45, 2.75) is 50.4 Å². The number of benzene rings is 1. The molecule has 2 fully saturated rings. The summed E-state index contributed by atoms with van der Waals surface area (Å²) in [4.78, 5) is 12.5. The molecule has 1 aromatic carbocycles. The first-order valence-electron chi connectivity index (χ1n) is 8.94. The summed E-state index contributed by atoms with van der Waals surface area (Å²) in [5.41, 5.74) is 1.15. The van der Waals surface area contributed by atoms with Gasteiger partial charge in [-0.05, 0) is 56.5 Å². The SMILES string of the molecule is Cl.O=C(NCC1(c2ccc(F)cc2)CCCCC1)C1CCNCC1. The molecule has 2 aliphatic rings. The van der Waals surface area contributed by atoms with Crippen LogP contribution in [0.5, 0.6) is 0 Å². The average Bonchev–Trinajstić information content (AvgIpc) is 2.62. The number of nitrogens with one attached hydrogen (secondary N) is 2. The fourth-order valence-electron chi connectivity index (χ4n) is 4.08. The molecule has 0 aromatic heterocycles. The van der Waals surface area contributed by atoms with Gasteiger partial charge in [0, 0.05) is 17.9 Å². The summed E-state index contributed by atoms with van der Waals surface area (Å²) in [6, 6.07) is 6.88. The van der Waals surface area contributed by atoms with E-state index in [1.165, 1.54) is 24.8 Å². The molecule has 1 aliphatic carbocycles. The molecule has 24 heavy (non-hydrogen) atoms. The second kappa shape index (κ2) is 8.82. The van der Waals surface area contributed by atoms with E-state index in [1.54, 1.807) is 12.1 Å². The maximum absolute atomic E-state index is 13.3. The predicted octanol–water partition coefficient (Wildman–Crippen LogP) is 3.57. The summed E-state index contributed by atoms with van der Waals surface area (Å²) in [7, 11) is 0. The smallest absolute Gasteiger partial charge is 0.223 e. The van der Waals surface area contributed by atoms with E-state index < -0.39 is 0 Å². The molecule has 5 heteroatoms. The quantitative estimate of drug-likeness (QED) is 0.868. The number of carbonyl (C=O) groups excluding carboxylic acids is 1. The van der Waals surface area contributed by atoms with Crippen LogP contribution in [0.25, 0.3) is 0 Å². The van der Waals surface area contributed by atoms with Gasteiger partial charge in [0.25, 0.3) is 0 Å². The summed E-state index contributed by atoms with van der Waals surface area (Å²) < 4.78 is 13.3. The van der Waals surface area contributed by atoms with E-state index in [1.807, 2.05) is 12.1 Å². The Morgan fingerprint density at radius 1 is 1.12 bits per heavy atom. The van der Waals surface area contributed by atoms with E-state index in [-0.39, 0.29) is 35.5 Å². The molecule has 3 nitrogen and oxygen atoms in total. The molecule has 1 amide bonds. The van der Waals surface area contributed by atoms with Crippen LogP contribution in [0.4, 0.5) is 4.39 Å². The topological polar surface area (TPSA) is 41.1 Å². The third kappa shape index (κ3) is 4.48. The summed E-state index contributed by atoms with van der Waals surface area (Å²) in [5.74, 6) is 0.141. The van der Waals surface area contributed by atoms with Crippen molar-refractivity contribution in [3.05, 3.63) is 35.6 Å². The van der Waals surface area contributed by atoms with Crippen molar-refractivity contribution in [3.63, 3.8) is 0 Å². The predicted molar refractivity (Wildman–Crippen MR) is 97.0 cm³/mol. The van der Waals surface area contributed by atoms with Crippen molar-refractivity contribution in [1.82, 2.24) is 10.6 Å². The van der Waals surface area contributed by atoms with E-state index >= 15 is 0 Å². The highest BCUT2D eigenvalue weighted by molar-refractivity contribution is 5.85. The first-order chi connectivity index (χ1) is 11.2. The second-order valence-electron chi connectivity index (χ2n) is 7.09. The van der Waals surface area contributed by atoms with Gasteiger partial charge in [0.05, 0.1) is 0 Å². The van der Waals surface area contributed by atoms with Crippen molar-refractivity contribution in [1.29, 1.82) is 0 Å². The van der Waals surface area contributed by atoms with E-state index in [0.29, 0.717) is 6.54 Å². The van der Waals surface area contributed by atoms with Crippen molar-refractivity contribution in [2.75, 3.05) is 19.6 Å². The second-order valence-corrected chi connectivity index (χ2v) is 7.09. The maximum atomic E-state index is 13.3. The Hall–Kier alpha value is -1.13. The average molecular weight is 355 g/mol. The molecule has 134 valence electrons. The van der Waals surface area contributed by atoms with Crippen LogP contribution in [0.1, 0.15) is 50.5 Å². The monoisotopic (exact) mass is 354 g/mol. The van der Waals surface area contributed by atoms with Crippen LogP contribution >= 0.6 is 12.4 Å². The van der Waals surface area contributed by atoms with Crippen molar-refractivity contribution in [2.24, 2.45) is 5.92 Å². The number of carbonyl (C=O) groups is 1. The van der Waals surface area contributed by atoms with Gasteiger partial charge in [-0.1, -0.05) is 31.4 Å². The molecular weight excluding hydrogens is 327 g/mol. The van der Waals surface area contributed by atoms with Crippen LogP contribution in [0.3, 0.4) is 0 Å². The molecule has 1 heterocycles. The number of amides is 1. The number of piperidine rings is 1. The molecule has 1 aromatic rings. The highest BCUT2D eigenvalue weighted by atomic mass is 35.5. The van der Waals surface area contributed by atoms with Crippen LogP contribution in [0.2, 0.25) is 0 Å². The minimum Gasteiger partial charge on any atom is -0.355 e. The lowest BCUT2D eigenvalue weighted by molar-refractivity contribution is -0.126. The van der Waals surface area contributed by atoms with Gasteiger partial charge in [0.1, 0.15) is 5.82 Å². The molecule has 1 saturated carbocycles. The van der Waals surface area contributed by atoms with E-state index in [9.17, 15) is 9.18 Å². The zero-order valence-corrected chi connectivity index (χ0v) is 15.0. The van der Waals surface area contributed by atoms with E-state index in [0.717, 1.165) is 38.8 Å². The Balaban J connectivity index is 0.00000208. The lowest BCUT2D eigenvalue weighted by Gasteiger charge is -2.38. The molecule has 0 bridgehead atoms. The molecule has 2 N–H and O–H groups in total. The summed E-state index contributed by atoms with van der Waals surface area (Å²) in [6.07, 6.45) is 7.62. The Morgan fingerprint density at radius 3 is 2.38 bits per heavy atom. The highest BCUT2D eigenvalue weighted by Gasteiger charge is 2.35. The minimum atomic E-state index is -0.196. The number of halogens is 2. The van der Waals surface area contributed by atoms with Gasteiger partial charge in [-0.25, -0.2) is 4.39 Å². The molecule has 0 atom stereocenters. The number of hydrogen-bond acceptors (Lipinski definition) is 2. The van der Waals surface area contributed by atoms with Gasteiger partial charge in [-0.15, -0.1) is 12.4 Å².